The molecule has 14 heavy (non-hydrogen) atoms. The third-order valence-electron chi connectivity index (χ3n) is 2.03. The summed E-state index contributed by atoms with van der Waals surface area (Å²) in [4.78, 5) is 5.95. The average Bonchev–Trinajstić information content (AvgIpc) is 2.14. The lowest BCUT2D eigenvalue weighted by Gasteiger charge is -2.19. The van der Waals surface area contributed by atoms with Crippen molar-refractivity contribution >= 4 is 17.3 Å². The Hall–Kier alpha value is -0.800. The van der Waals surface area contributed by atoms with Crippen molar-refractivity contribution in [1.82, 2.24) is 4.98 Å². The number of aliphatic hydroxyl groups excluding tert-OH is 1. The molecule has 1 atom stereocenters. The molecule has 0 saturated carbocycles. The van der Waals surface area contributed by atoms with Gasteiger partial charge in [-0.25, -0.2) is 4.98 Å². The van der Waals surface area contributed by atoms with Crippen LogP contribution in [-0.4, -0.2) is 29.8 Å². The van der Waals surface area contributed by atoms with E-state index in [1.54, 1.807) is 13.1 Å². The van der Waals surface area contributed by atoms with Crippen LogP contribution >= 0.6 is 11.6 Å². The molecule has 3 nitrogen and oxygen atoms in total. The molecule has 78 valence electrons. The second kappa shape index (κ2) is 5.17. The average molecular weight is 215 g/mol. The molecule has 0 fully saturated rings. The molecule has 0 amide bonds. The fourth-order valence-corrected chi connectivity index (χ4v) is 1.31. The maximum absolute atomic E-state index is 9.14. The van der Waals surface area contributed by atoms with E-state index in [2.05, 4.69) is 4.98 Å². The second-order valence-electron chi connectivity index (χ2n) is 3.40. The molecule has 0 aliphatic carbocycles. The number of aromatic nitrogens is 1. The van der Waals surface area contributed by atoms with E-state index < -0.39 is 0 Å². The van der Waals surface area contributed by atoms with Gasteiger partial charge >= 0.3 is 0 Å². The van der Waals surface area contributed by atoms with Gasteiger partial charge in [0.25, 0.3) is 0 Å². The first kappa shape index (κ1) is 11.3. The van der Waals surface area contributed by atoms with Gasteiger partial charge in [0.15, 0.2) is 0 Å². The Morgan fingerprint density at radius 1 is 1.64 bits per heavy atom. The van der Waals surface area contributed by atoms with Crippen LogP contribution in [0.4, 0.5) is 5.69 Å². The molecule has 1 unspecified atom stereocenters. The molecule has 4 heteroatoms. The monoisotopic (exact) mass is 214 g/mol. The molecule has 0 bridgehead atoms. The lowest BCUT2D eigenvalue weighted by atomic mass is 10.2. The standard InChI is InChI=1S/C10H15ClN2O/c1-8(14)4-6-13(2)9-3-5-12-10(11)7-9/h3,5,7-8,14H,4,6H2,1-2H3. The van der Waals surface area contributed by atoms with Gasteiger partial charge in [-0.2, -0.15) is 0 Å². The summed E-state index contributed by atoms with van der Waals surface area (Å²) in [7, 11) is 1.97. The van der Waals surface area contributed by atoms with Crippen LogP contribution < -0.4 is 4.90 Å². The van der Waals surface area contributed by atoms with Gasteiger partial charge in [-0.05, 0) is 25.5 Å². The maximum atomic E-state index is 9.14. The number of hydrogen-bond donors (Lipinski definition) is 1. The number of anilines is 1. The topological polar surface area (TPSA) is 36.4 Å². The zero-order chi connectivity index (χ0) is 10.6. The minimum atomic E-state index is -0.269. The third kappa shape index (κ3) is 3.52. The van der Waals surface area contributed by atoms with Crippen LogP contribution in [0.3, 0.4) is 0 Å². The summed E-state index contributed by atoms with van der Waals surface area (Å²) in [5.41, 5.74) is 1.02. The van der Waals surface area contributed by atoms with Crippen molar-refractivity contribution in [3.63, 3.8) is 0 Å². The molecule has 0 aromatic carbocycles. The van der Waals surface area contributed by atoms with Crippen LogP contribution in [0.15, 0.2) is 18.3 Å². The van der Waals surface area contributed by atoms with E-state index in [9.17, 15) is 0 Å². The lowest BCUT2D eigenvalue weighted by Crippen LogP contribution is -2.21. The van der Waals surface area contributed by atoms with Gasteiger partial charge in [0.2, 0.25) is 0 Å². The van der Waals surface area contributed by atoms with Crippen LogP contribution in [0.25, 0.3) is 0 Å². The van der Waals surface area contributed by atoms with E-state index in [4.69, 9.17) is 16.7 Å². The minimum absolute atomic E-state index is 0.269. The largest absolute Gasteiger partial charge is 0.393 e. The summed E-state index contributed by atoms with van der Waals surface area (Å²) in [6.07, 6.45) is 2.15. The predicted octanol–water partition coefficient (Wildman–Crippen LogP) is 1.94. The molecular weight excluding hydrogens is 200 g/mol. The van der Waals surface area contributed by atoms with Crippen molar-refractivity contribution < 1.29 is 5.11 Å². The highest BCUT2D eigenvalue weighted by Crippen LogP contribution is 2.16. The van der Waals surface area contributed by atoms with Gasteiger partial charge < -0.3 is 10.0 Å². The van der Waals surface area contributed by atoms with E-state index in [0.717, 1.165) is 18.7 Å². The first-order valence-corrected chi connectivity index (χ1v) is 4.98. The first-order valence-electron chi connectivity index (χ1n) is 4.60. The summed E-state index contributed by atoms with van der Waals surface area (Å²) in [6, 6.07) is 3.71. The van der Waals surface area contributed by atoms with Gasteiger partial charge in [0, 0.05) is 25.5 Å². The second-order valence-corrected chi connectivity index (χ2v) is 3.78. The fourth-order valence-electron chi connectivity index (χ4n) is 1.14. The van der Waals surface area contributed by atoms with Crippen LogP contribution in [0.2, 0.25) is 5.15 Å². The van der Waals surface area contributed by atoms with Gasteiger partial charge in [-0.3, -0.25) is 0 Å². The van der Waals surface area contributed by atoms with Crippen molar-refractivity contribution in [2.45, 2.75) is 19.4 Å². The highest BCUT2D eigenvalue weighted by atomic mass is 35.5. The highest BCUT2D eigenvalue weighted by molar-refractivity contribution is 6.29. The van der Waals surface area contributed by atoms with Gasteiger partial charge in [-0.15, -0.1) is 0 Å². The van der Waals surface area contributed by atoms with Gasteiger partial charge in [0.1, 0.15) is 5.15 Å². The Kier molecular flexibility index (Phi) is 4.17. The third-order valence-corrected chi connectivity index (χ3v) is 2.24. The molecule has 0 aliphatic heterocycles. The number of nitrogens with zero attached hydrogens (tertiary/aromatic N) is 2. The summed E-state index contributed by atoms with van der Waals surface area (Å²) in [5.74, 6) is 0. The molecule has 0 radical (unpaired) electrons. The Bertz CT molecular complexity index is 291. The van der Waals surface area contributed by atoms with E-state index in [1.165, 1.54) is 0 Å². The number of rotatable bonds is 4. The van der Waals surface area contributed by atoms with Crippen molar-refractivity contribution in [2.24, 2.45) is 0 Å². The number of pyridine rings is 1. The van der Waals surface area contributed by atoms with E-state index in [1.807, 2.05) is 24.1 Å². The Balaban J connectivity index is 2.56. The van der Waals surface area contributed by atoms with Crippen molar-refractivity contribution in [3.05, 3.63) is 23.5 Å². The van der Waals surface area contributed by atoms with E-state index in [-0.39, 0.29) is 6.10 Å². The summed E-state index contributed by atoms with van der Waals surface area (Å²) in [6.45, 7) is 2.59. The number of halogens is 1. The molecule has 0 aliphatic rings. The van der Waals surface area contributed by atoms with Crippen LogP contribution in [0.5, 0.6) is 0 Å². The zero-order valence-corrected chi connectivity index (χ0v) is 9.20. The Morgan fingerprint density at radius 3 is 2.93 bits per heavy atom. The lowest BCUT2D eigenvalue weighted by molar-refractivity contribution is 0.187. The molecule has 1 aromatic heterocycles. The summed E-state index contributed by atoms with van der Waals surface area (Å²) in [5, 5.41) is 9.63. The molecular formula is C10H15ClN2O. The van der Waals surface area contributed by atoms with E-state index in [0.29, 0.717) is 5.15 Å². The van der Waals surface area contributed by atoms with Crippen LogP contribution in [-0.2, 0) is 0 Å². The SMILES string of the molecule is CC(O)CCN(C)c1ccnc(Cl)c1. The first-order chi connectivity index (χ1) is 6.59. The highest BCUT2D eigenvalue weighted by Gasteiger charge is 2.03. The van der Waals surface area contributed by atoms with Crippen LogP contribution in [0.1, 0.15) is 13.3 Å². The number of aliphatic hydroxyl groups is 1. The Labute approximate surface area is 89.3 Å². The van der Waals surface area contributed by atoms with Crippen molar-refractivity contribution in [3.8, 4) is 0 Å². The fraction of sp³-hybridized carbons (Fsp3) is 0.500. The van der Waals surface area contributed by atoms with Crippen molar-refractivity contribution in [1.29, 1.82) is 0 Å². The molecule has 0 spiro atoms. The number of hydrogen-bond acceptors (Lipinski definition) is 3. The van der Waals surface area contributed by atoms with Crippen molar-refractivity contribution in [2.75, 3.05) is 18.5 Å². The minimum Gasteiger partial charge on any atom is -0.393 e. The van der Waals surface area contributed by atoms with E-state index >= 15 is 0 Å². The van der Waals surface area contributed by atoms with Crippen LogP contribution in [0, 0.1) is 0 Å². The van der Waals surface area contributed by atoms with Gasteiger partial charge in [-0.1, -0.05) is 11.6 Å². The maximum Gasteiger partial charge on any atom is 0.131 e. The molecule has 0 saturated heterocycles. The summed E-state index contributed by atoms with van der Waals surface area (Å²) >= 11 is 5.76. The Morgan fingerprint density at radius 2 is 2.36 bits per heavy atom. The normalized spacial score (nSPS) is 12.6. The molecule has 1 heterocycles. The van der Waals surface area contributed by atoms with Gasteiger partial charge in [0.05, 0.1) is 6.10 Å². The molecule has 1 rings (SSSR count). The quantitative estimate of drug-likeness (QED) is 0.779. The smallest absolute Gasteiger partial charge is 0.131 e. The molecule has 1 N–H and O–H groups in total. The summed E-state index contributed by atoms with van der Waals surface area (Å²) < 4.78 is 0. The predicted molar refractivity (Wildman–Crippen MR) is 58.8 cm³/mol. The zero-order valence-electron chi connectivity index (χ0n) is 8.44. The molecule has 1 aromatic rings.